The number of rotatable bonds is 9. The first kappa shape index (κ1) is 23.3. The predicted octanol–water partition coefficient (Wildman–Crippen LogP) is 4.45. The molecule has 2 aromatic rings. The van der Waals surface area contributed by atoms with Gasteiger partial charge in [0.1, 0.15) is 5.82 Å². The second-order valence-corrected chi connectivity index (χ2v) is 7.98. The molecule has 1 aromatic carbocycles. The van der Waals surface area contributed by atoms with Gasteiger partial charge >= 0.3 is 12.0 Å². The summed E-state index contributed by atoms with van der Waals surface area (Å²) in [4.78, 5) is 36.4. The van der Waals surface area contributed by atoms with E-state index in [1.54, 1.807) is 13.0 Å². The fourth-order valence-electron chi connectivity index (χ4n) is 2.70. The van der Waals surface area contributed by atoms with E-state index < -0.39 is 29.6 Å². The van der Waals surface area contributed by atoms with Gasteiger partial charge in [0.25, 0.3) is 5.91 Å². The smallest absolute Gasteiger partial charge is 0.321 e. The van der Waals surface area contributed by atoms with Gasteiger partial charge in [0.2, 0.25) is 0 Å². The number of hydrogen-bond donors (Lipinski definition) is 3. The first-order chi connectivity index (χ1) is 14.3. The minimum atomic E-state index is -0.840. The quantitative estimate of drug-likeness (QED) is 0.403. The van der Waals surface area contributed by atoms with Gasteiger partial charge in [-0.15, -0.1) is 11.3 Å². The van der Waals surface area contributed by atoms with Gasteiger partial charge in [-0.25, -0.2) is 9.18 Å². The van der Waals surface area contributed by atoms with Crippen LogP contribution in [0.4, 0.5) is 9.18 Å². The fraction of sp³-hybridized carbons (Fsp3) is 0.318. The Bertz CT molecular complexity index is 921. The number of carbonyl (C=O) groups is 3. The third-order valence-electron chi connectivity index (χ3n) is 4.44. The molecular weight excluding hydrogens is 407 g/mol. The lowest BCUT2D eigenvalue weighted by molar-refractivity contribution is -0.141. The van der Waals surface area contributed by atoms with E-state index in [0.717, 1.165) is 10.4 Å². The van der Waals surface area contributed by atoms with Crippen LogP contribution in [-0.4, -0.2) is 29.6 Å². The number of thiophene rings is 1. The number of aliphatic carboxylic acids is 1. The van der Waals surface area contributed by atoms with Crippen LogP contribution in [0.15, 0.2) is 35.7 Å². The normalized spacial score (nSPS) is 12.3. The van der Waals surface area contributed by atoms with Crippen LogP contribution in [0.25, 0.3) is 11.6 Å². The van der Waals surface area contributed by atoms with Crippen LogP contribution >= 0.6 is 11.3 Å². The van der Waals surface area contributed by atoms with E-state index in [1.165, 1.54) is 35.6 Å². The van der Waals surface area contributed by atoms with Crippen molar-refractivity contribution in [3.8, 4) is 0 Å². The standard InChI is InChI=1S/C22H25FN2O4S/c1-14-11-18(30-13-14)12-19(16-6-8-17(23)9-7-16)20(26)25-22(29)24-10-4-3-5-15(2)21(27)28/h6-9,11-13,15H,3-5,10H2,1-2H3,(H,27,28)(H2,24,25,26,29). The summed E-state index contributed by atoms with van der Waals surface area (Å²) in [6.45, 7) is 3.90. The molecule has 0 saturated carbocycles. The van der Waals surface area contributed by atoms with Crippen LogP contribution in [0.2, 0.25) is 0 Å². The van der Waals surface area contributed by atoms with Crippen molar-refractivity contribution in [1.29, 1.82) is 0 Å². The van der Waals surface area contributed by atoms with E-state index >= 15 is 0 Å². The van der Waals surface area contributed by atoms with Gasteiger partial charge < -0.3 is 10.4 Å². The molecule has 0 aliphatic heterocycles. The summed E-state index contributed by atoms with van der Waals surface area (Å²) in [6, 6.07) is 6.77. The Hall–Kier alpha value is -3.00. The number of carboxylic acids is 1. The van der Waals surface area contributed by atoms with Crippen LogP contribution in [0, 0.1) is 18.7 Å². The van der Waals surface area contributed by atoms with Crippen molar-refractivity contribution in [2.24, 2.45) is 5.92 Å². The maximum atomic E-state index is 13.3. The number of urea groups is 1. The van der Waals surface area contributed by atoms with E-state index in [-0.39, 0.29) is 5.57 Å². The molecule has 8 heteroatoms. The van der Waals surface area contributed by atoms with Gasteiger partial charge in [0.15, 0.2) is 0 Å². The summed E-state index contributed by atoms with van der Waals surface area (Å²) in [5.41, 5.74) is 1.80. The van der Waals surface area contributed by atoms with Crippen LogP contribution in [0.1, 0.15) is 42.2 Å². The molecule has 0 radical (unpaired) electrons. The van der Waals surface area contributed by atoms with Crippen molar-refractivity contribution in [2.45, 2.75) is 33.1 Å². The number of aryl methyl sites for hydroxylation is 1. The molecule has 1 heterocycles. The zero-order valence-electron chi connectivity index (χ0n) is 16.9. The highest BCUT2D eigenvalue weighted by Gasteiger charge is 2.16. The minimum absolute atomic E-state index is 0.252. The molecule has 0 aliphatic rings. The monoisotopic (exact) mass is 432 g/mol. The van der Waals surface area contributed by atoms with Crippen molar-refractivity contribution in [2.75, 3.05) is 6.54 Å². The van der Waals surface area contributed by atoms with Crippen LogP contribution in [-0.2, 0) is 9.59 Å². The van der Waals surface area contributed by atoms with Crippen molar-refractivity contribution in [3.05, 3.63) is 57.5 Å². The number of carboxylic acid groups (broad SMARTS) is 1. The zero-order valence-corrected chi connectivity index (χ0v) is 17.7. The molecular formula is C22H25FN2O4S. The van der Waals surface area contributed by atoms with E-state index in [2.05, 4.69) is 10.6 Å². The molecule has 1 unspecified atom stereocenters. The summed E-state index contributed by atoms with van der Waals surface area (Å²) in [6.07, 6.45) is 3.45. The van der Waals surface area contributed by atoms with Crippen molar-refractivity contribution in [3.63, 3.8) is 0 Å². The Morgan fingerprint density at radius 3 is 2.50 bits per heavy atom. The van der Waals surface area contributed by atoms with Gasteiger partial charge in [0.05, 0.1) is 5.92 Å². The largest absolute Gasteiger partial charge is 0.481 e. The van der Waals surface area contributed by atoms with E-state index in [4.69, 9.17) is 5.11 Å². The van der Waals surface area contributed by atoms with Crippen LogP contribution in [0.3, 0.4) is 0 Å². The Morgan fingerprint density at radius 1 is 1.20 bits per heavy atom. The first-order valence-electron chi connectivity index (χ1n) is 9.61. The Balaban J connectivity index is 1.97. The second-order valence-electron chi connectivity index (χ2n) is 7.04. The Morgan fingerprint density at radius 2 is 1.90 bits per heavy atom. The van der Waals surface area contributed by atoms with E-state index in [9.17, 15) is 18.8 Å². The van der Waals surface area contributed by atoms with E-state index in [1.807, 2.05) is 18.4 Å². The number of nitrogens with one attached hydrogen (secondary N) is 2. The van der Waals surface area contributed by atoms with Crippen molar-refractivity contribution < 1.29 is 23.9 Å². The van der Waals surface area contributed by atoms with E-state index in [0.29, 0.717) is 31.4 Å². The molecule has 30 heavy (non-hydrogen) atoms. The topological polar surface area (TPSA) is 95.5 Å². The lowest BCUT2D eigenvalue weighted by Gasteiger charge is -2.10. The highest BCUT2D eigenvalue weighted by molar-refractivity contribution is 7.11. The summed E-state index contributed by atoms with van der Waals surface area (Å²) in [5, 5.41) is 15.7. The highest BCUT2D eigenvalue weighted by atomic mass is 32.1. The number of hydrogen-bond acceptors (Lipinski definition) is 4. The lowest BCUT2D eigenvalue weighted by Crippen LogP contribution is -2.40. The molecule has 0 aliphatic carbocycles. The minimum Gasteiger partial charge on any atom is -0.481 e. The molecule has 2 rings (SSSR count). The van der Waals surface area contributed by atoms with Gasteiger partial charge in [-0.1, -0.05) is 25.5 Å². The molecule has 1 atom stereocenters. The van der Waals surface area contributed by atoms with Crippen molar-refractivity contribution >= 4 is 40.9 Å². The molecule has 0 bridgehead atoms. The van der Waals surface area contributed by atoms with Crippen LogP contribution in [0.5, 0.6) is 0 Å². The van der Waals surface area contributed by atoms with Gasteiger partial charge in [0, 0.05) is 17.0 Å². The summed E-state index contributed by atoms with van der Waals surface area (Å²) in [5.74, 6) is -2.28. The Labute approximate surface area is 178 Å². The molecule has 6 nitrogen and oxygen atoms in total. The molecule has 1 aromatic heterocycles. The van der Waals surface area contributed by atoms with Crippen molar-refractivity contribution in [1.82, 2.24) is 10.6 Å². The maximum absolute atomic E-state index is 13.3. The lowest BCUT2D eigenvalue weighted by atomic mass is 10.0. The number of carbonyl (C=O) groups excluding carboxylic acids is 2. The predicted molar refractivity (Wildman–Crippen MR) is 116 cm³/mol. The molecule has 160 valence electrons. The number of unbranched alkanes of at least 4 members (excludes halogenated alkanes) is 1. The number of amides is 3. The fourth-order valence-corrected chi connectivity index (χ4v) is 3.53. The first-order valence-corrected chi connectivity index (χ1v) is 10.5. The van der Waals surface area contributed by atoms with Gasteiger partial charge in [-0.3, -0.25) is 14.9 Å². The number of benzene rings is 1. The molecule has 3 amide bonds. The SMILES string of the molecule is Cc1csc(C=C(C(=O)NC(=O)NCCCCC(C)C(=O)O)c2ccc(F)cc2)c1. The van der Waals surface area contributed by atoms with Crippen LogP contribution < -0.4 is 10.6 Å². The van der Waals surface area contributed by atoms with Gasteiger partial charge in [-0.05, 0) is 60.5 Å². The maximum Gasteiger partial charge on any atom is 0.321 e. The summed E-state index contributed by atoms with van der Waals surface area (Å²) < 4.78 is 13.3. The van der Waals surface area contributed by atoms with Gasteiger partial charge in [-0.2, -0.15) is 0 Å². The molecule has 0 saturated heterocycles. The third-order valence-corrected chi connectivity index (χ3v) is 5.43. The number of halogens is 1. The average molecular weight is 433 g/mol. The highest BCUT2D eigenvalue weighted by Crippen LogP contribution is 2.23. The average Bonchev–Trinajstić information content (AvgIpc) is 3.11. The summed E-state index contributed by atoms with van der Waals surface area (Å²) >= 11 is 1.46. The third kappa shape index (κ3) is 7.44. The second kappa shape index (κ2) is 11.3. The summed E-state index contributed by atoms with van der Waals surface area (Å²) in [7, 11) is 0. The molecule has 0 spiro atoms. The Kier molecular flexibility index (Phi) is 8.73. The molecule has 0 fully saturated rings. The zero-order chi connectivity index (χ0) is 22.1. The molecule has 3 N–H and O–H groups in total. The number of imide groups is 1.